The molecule has 106 valence electrons. The van der Waals surface area contributed by atoms with Crippen molar-refractivity contribution in [3.05, 3.63) is 11.9 Å². The first-order valence-electron chi connectivity index (χ1n) is 6.32. The van der Waals surface area contributed by atoms with Gasteiger partial charge in [0.2, 0.25) is 0 Å². The Morgan fingerprint density at radius 2 is 2.05 bits per heavy atom. The van der Waals surface area contributed by atoms with Gasteiger partial charge in [-0.1, -0.05) is 6.92 Å². The van der Waals surface area contributed by atoms with E-state index in [9.17, 15) is 13.2 Å². The number of nitrogens with one attached hydrogen (secondary N) is 1. The summed E-state index contributed by atoms with van der Waals surface area (Å²) in [5.41, 5.74) is 0. The fourth-order valence-corrected chi connectivity index (χ4v) is 1.89. The molecule has 1 N–H and O–H groups in total. The highest BCUT2D eigenvalue weighted by Crippen LogP contribution is 2.34. The van der Waals surface area contributed by atoms with Gasteiger partial charge in [-0.15, -0.1) is 0 Å². The monoisotopic (exact) mass is 274 g/mol. The largest absolute Gasteiger partial charge is 0.405 e. The molecule has 1 aliphatic carbocycles. The van der Waals surface area contributed by atoms with Gasteiger partial charge < -0.3 is 10.2 Å². The van der Waals surface area contributed by atoms with Gasteiger partial charge >= 0.3 is 6.18 Å². The molecule has 19 heavy (non-hydrogen) atoms. The Morgan fingerprint density at radius 1 is 1.37 bits per heavy atom. The molecule has 0 atom stereocenters. The molecule has 2 rings (SSSR count). The molecule has 1 aliphatic rings. The molecule has 0 aromatic carbocycles. The number of halogens is 3. The van der Waals surface area contributed by atoms with Crippen LogP contribution < -0.4 is 10.2 Å². The van der Waals surface area contributed by atoms with E-state index in [1.165, 1.54) is 4.90 Å². The van der Waals surface area contributed by atoms with E-state index in [1.807, 2.05) is 6.92 Å². The molecule has 0 radical (unpaired) electrons. The number of hydrogen-bond acceptors (Lipinski definition) is 4. The minimum Gasteiger partial charge on any atom is -0.373 e. The van der Waals surface area contributed by atoms with Gasteiger partial charge in [0.05, 0.1) is 0 Å². The molecule has 1 fully saturated rings. The van der Waals surface area contributed by atoms with Crippen LogP contribution in [-0.2, 0) is 6.42 Å². The lowest BCUT2D eigenvalue weighted by atomic mass is 10.3. The van der Waals surface area contributed by atoms with Crippen molar-refractivity contribution in [1.82, 2.24) is 9.97 Å². The van der Waals surface area contributed by atoms with E-state index >= 15 is 0 Å². The minimum absolute atomic E-state index is 0.0501. The summed E-state index contributed by atoms with van der Waals surface area (Å²) in [6.07, 6.45) is -2.06. The summed E-state index contributed by atoms with van der Waals surface area (Å²) in [6, 6.07) is 1.52. The highest BCUT2D eigenvalue weighted by molar-refractivity contribution is 5.51. The van der Waals surface area contributed by atoms with E-state index < -0.39 is 12.7 Å². The lowest BCUT2D eigenvalue weighted by Gasteiger charge is -2.25. The number of aryl methyl sites for hydroxylation is 1. The molecule has 4 nitrogen and oxygen atoms in total. The number of aromatic nitrogens is 2. The smallest absolute Gasteiger partial charge is 0.373 e. The molecule has 0 bridgehead atoms. The third-order valence-corrected chi connectivity index (χ3v) is 2.96. The average Bonchev–Trinajstić information content (AvgIpc) is 3.18. The Morgan fingerprint density at radius 3 is 2.53 bits per heavy atom. The first-order chi connectivity index (χ1) is 8.93. The summed E-state index contributed by atoms with van der Waals surface area (Å²) in [6.45, 7) is 0.921. The molecule has 0 amide bonds. The highest BCUT2D eigenvalue weighted by atomic mass is 19.4. The fourth-order valence-electron chi connectivity index (χ4n) is 1.89. The Kier molecular flexibility index (Phi) is 3.82. The predicted octanol–water partition coefficient (Wildman–Crippen LogP) is 2.61. The normalized spacial score (nSPS) is 15.4. The van der Waals surface area contributed by atoms with Crippen molar-refractivity contribution < 1.29 is 13.2 Å². The van der Waals surface area contributed by atoms with Gasteiger partial charge in [-0.25, -0.2) is 9.97 Å². The van der Waals surface area contributed by atoms with Crippen molar-refractivity contribution in [2.24, 2.45) is 0 Å². The van der Waals surface area contributed by atoms with Crippen LogP contribution >= 0.6 is 0 Å². The van der Waals surface area contributed by atoms with E-state index in [0.29, 0.717) is 23.9 Å². The van der Waals surface area contributed by atoms with Crippen LogP contribution in [0.3, 0.4) is 0 Å². The highest BCUT2D eigenvalue weighted by Gasteiger charge is 2.39. The molecule has 7 heteroatoms. The van der Waals surface area contributed by atoms with Crippen LogP contribution in [0.1, 0.15) is 25.6 Å². The van der Waals surface area contributed by atoms with Gasteiger partial charge in [0.25, 0.3) is 0 Å². The topological polar surface area (TPSA) is 41.1 Å². The summed E-state index contributed by atoms with van der Waals surface area (Å²) in [5.74, 6) is 1.46. The number of nitrogens with zero attached hydrogens (tertiary/aromatic N) is 3. The maximum atomic E-state index is 12.6. The maximum absolute atomic E-state index is 12.6. The van der Waals surface area contributed by atoms with Gasteiger partial charge in [0.15, 0.2) is 0 Å². The Bertz CT molecular complexity index is 421. The van der Waals surface area contributed by atoms with Crippen LogP contribution in [0.25, 0.3) is 0 Å². The average molecular weight is 274 g/mol. The van der Waals surface area contributed by atoms with Crippen LogP contribution in [0.4, 0.5) is 24.8 Å². The second-order valence-corrected chi connectivity index (χ2v) is 4.61. The van der Waals surface area contributed by atoms with Crippen LogP contribution in [0.5, 0.6) is 0 Å². The zero-order valence-corrected chi connectivity index (χ0v) is 11.0. The lowest BCUT2D eigenvalue weighted by Crippen LogP contribution is -2.36. The van der Waals surface area contributed by atoms with E-state index in [4.69, 9.17) is 0 Å². The molecular formula is C12H17F3N4. The van der Waals surface area contributed by atoms with Crippen molar-refractivity contribution in [2.75, 3.05) is 23.8 Å². The van der Waals surface area contributed by atoms with Gasteiger partial charge in [0.1, 0.15) is 24.0 Å². The first kappa shape index (κ1) is 13.9. The Balaban J connectivity index is 2.30. The predicted molar refractivity (Wildman–Crippen MR) is 67.4 cm³/mol. The molecule has 0 saturated heterocycles. The number of anilines is 2. The van der Waals surface area contributed by atoms with E-state index in [0.717, 1.165) is 12.8 Å². The van der Waals surface area contributed by atoms with Crippen molar-refractivity contribution in [1.29, 1.82) is 0 Å². The summed E-state index contributed by atoms with van der Waals surface area (Å²) >= 11 is 0. The molecule has 0 unspecified atom stereocenters. The Hall–Kier alpha value is -1.53. The van der Waals surface area contributed by atoms with Crippen molar-refractivity contribution in [3.63, 3.8) is 0 Å². The second-order valence-electron chi connectivity index (χ2n) is 4.61. The van der Waals surface area contributed by atoms with Gasteiger partial charge in [-0.05, 0) is 12.8 Å². The molecule has 0 spiro atoms. The summed E-state index contributed by atoms with van der Waals surface area (Å²) in [7, 11) is 1.69. The Labute approximate surface area is 110 Å². The van der Waals surface area contributed by atoms with Gasteiger partial charge in [0, 0.05) is 25.6 Å². The fraction of sp³-hybridized carbons (Fsp3) is 0.667. The maximum Gasteiger partial charge on any atom is 0.405 e. The van der Waals surface area contributed by atoms with E-state index in [2.05, 4.69) is 15.3 Å². The van der Waals surface area contributed by atoms with Crippen molar-refractivity contribution in [2.45, 2.75) is 38.4 Å². The lowest BCUT2D eigenvalue weighted by molar-refractivity contribution is -0.120. The molecular weight excluding hydrogens is 257 g/mol. The quantitative estimate of drug-likeness (QED) is 0.896. The van der Waals surface area contributed by atoms with E-state index in [-0.39, 0.29) is 6.04 Å². The number of hydrogen-bond donors (Lipinski definition) is 1. The van der Waals surface area contributed by atoms with Crippen LogP contribution in [-0.4, -0.2) is 35.8 Å². The van der Waals surface area contributed by atoms with Gasteiger partial charge in [-0.2, -0.15) is 13.2 Å². The van der Waals surface area contributed by atoms with Crippen LogP contribution in [0.15, 0.2) is 6.07 Å². The molecule has 1 saturated carbocycles. The number of alkyl halides is 3. The molecule has 1 aromatic heterocycles. The molecule has 0 aliphatic heterocycles. The summed E-state index contributed by atoms with van der Waals surface area (Å²) in [5, 5.41) is 2.86. The SMILES string of the molecule is CCc1nc(NC)cc(N(CC(F)(F)F)C2CC2)n1. The van der Waals surface area contributed by atoms with Crippen molar-refractivity contribution in [3.8, 4) is 0 Å². The molecule has 1 aromatic rings. The molecule has 1 heterocycles. The summed E-state index contributed by atoms with van der Waals surface area (Å²) < 4.78 is 37.9. The van der Waals surface area contributed by atoms with Crippen molar-refractivity contribution >= 4 is 11.6 Å². The first-order valence-corrected chi connectivity index (χ1v) is 6.32. The van der Waals surface area contributed by atoms with Crippen LogP contribution in [0.2, 0.25) is 0 Å². The minimum atomic E-state index is -4.22. The third-order valence-electron chi connectivity index (χ3n) is 2.96. The summed E-state index contributed by atoms with van der Waals surface area (Å²) in [4.78, 5) is 9.75. The zero-order chi connectivity index (χ0) is 14.0. The van der Waals surface area contributed by atoms with E-state index in [1.54, 1.807) is 13.1 Å². The third kappa shape index (κ3) is 3.71. The zero-order valence-electron chi connectivity index (χ0n) is 11.0. The standard InChI is InChI=1S/C12H17F3N4/c1-3-9-17-10(16-2)6-11(18-9)19(8-4-5-8)7-12(13,14)15/h6,8H,3-5,7H2,1-2H3,(H,16,17,18). The second kappa shape index (κ2) is 5.22. The number of rotatable bonds is 5. The van der Waals surface area contributed by atoms with Gasteiger partial charge in [-0.3, -0.25) is 0 Å². The van der Waals surface area contributed by atoms with Crippen LogP contribution in [0, 0.1) is 0 Å².